The first-order chi connectivity index (χ1) is 11.0. The number of hydrogen-bond donors (Lipinski definition) is 0. The summed E-state index contributed by atoms with van der Waals surface area (Å²) in [4.78, 5) is 30.6. The van der Waals surface area contributed by atoms with E-state index in [1.807, 2.05) is 22.9 Å². The Balaban J connectivity index is 2.09. The van der Waals surface area contributed by atoms with Crippen molar-refractivity contribution in [1.29, 1.82) is 0 Å². The Labute approximate surface area is 144 Å². The molecule has 0 saturated carbocycles. The first-order valence-corrected chi connectivity index (χ1v) is 9.43. The number of fused-ring (bicyclic) bond motifs is 1. The van der Waals surface area contributed by atoms with Gasteiger partial charge >= 0.3 is 5.97 Å². The Morgan fingerprint density at radius 2 is 2.22 bits per heavy atom. The molecule has 1 atom stereocenters. The van der Waals surface area contributed by atoms with Crippen molar-refractivity contribution in [1.82, 2.24) is 9.55 Å². The van der Waals surface area contributed by atoms with Crippen LogP contribution in [0.15, 0.2) is 32.8 Å². The zero-order chi connectivity index (χ0) is 16.6. The summed E-state index contributed by atoms with van der Waals surface area (Å²) in [6.45, 7) is 1.73. The van der Waals surface area contributed by atoms with Gasteiger partial charge in [0.05, 0.1) is 12.5 Å². The number of carbonyl (C=O) groups is 1. The number of hydrogen-bond acceptors (Lipinski definition) is 7. The van der Waals surface area contributed by atoms with E-state index in [1.54, 1.807) is 25.3 Å². The third kappa shape index (κ3) is 2.93. The van der Waals surface area contributed by atoms with Gasteiger partial charge in [-0.1, -0.05) is 17.8 Å². The number of esters is 1. The molecule has 0 bridgehead atoms. The number of methoxy groups -OCH3 is 1. The Hall–Kier alpha value is -1.64. The van der Waals surface area contributed by atoms with E-state index in [1.165, 1.54) is 34.8 Å². The lowest BCUT2D eigenvalue weighted by atomic mass is 10.2. The van der Waals surface area contributed by atoms with Crippen LogP contribution in [0.3, 0.4) is 0 Å². The van der Waals surface area contributed by atoms with E-state index in [9.17, 15) is 9.59 Å². The Morgan fingerprint density at radius 1 is 1.43 bits per heavy atom. The van der Waals surface area contributed by atoms with Gasteiger partial charge in [-0.15, -0.1) is 22.7 Å². The second-order valence-electron chi connectivity index (χ2n) is 4.85. The lowest BCUT2D eigenvalue weighted by Crippen LogP contribution is -2.22. The molecular formula is C15H14N2O3S3. The average Bonchev–Trinajstić information content (AvgIpc) is 3.20. The van der Waals surface area contributed by atoms with Gasteiger partial charge in [-0.25, -0.2) is 4.98 Å². The molecule has 0 aliphatic heterocycles. The van der Waals surface area contributed by atoms with Crippen molar-refractivity contribution in [2.75, 3.05) is 7.11 Å². The van der Waals surface area contributed by atoms with Gasteiger partial charge in [0.25, 0.3) is 5.56 Å². The number of ether oxygens (including phenoxy) is 1. The highest BCUT2D eigenvalue weighted by atomic mass is 32.2. The van der Waals surface area contributed by atoms with Crippen molar-refractivity contribution in [3.05, 3.63) is 33.2 Å². The van der Waals surface area contributed by atoms with Crippen molar-refractivity contribution in [2.45, 2.75) is 17.3 Å². The lowest BCUT2D eigenvalue weighted by molar-refractivity contribution is -0.139. The van der Waals surface area contributed by atoms with Crippen molar-refractivity contribution < 1.29 is 9.53 Å². The molecule has 0 radical (unpaired) electrons. The quantitative estimate of drug-likeness (QED) is 0.402. The summed E-state index contributed by atoms with van der Waals surface area (Å²) in [7, 11) is 3.03. The highest BCUT2D eigenvalue weighted by molar-refractivity contribution is 8.00. The van der Waals surface area contributed by atoms with Crippen molar-refractivity contribution in [2.24, 2.45) is 7.05 Å². The first-order valence-electron chi connectivity index (χ1n) is 6.79. The van der Waals surface area contributed by atoms with Gasteiger partial charge in [0.2, 0.25) is 0 Å². The predicted molar refractivity (Wildman–Crippen MR) is 95.5 cm³/mol. The maximum Gasteiger partial charge on any atom is 0.318 e. The Bertz CT molecular complexity index is 912. The zero-order valence-electron chi connectivity index (χ0n) is 12.7. The van der Waals surface area contributed by atoms with Crippen molar-refractivity contribution >= 4 is 50.6 Å². The highest BCUT2D eigenvalue weighted by Crippen LogP contribution is 2.34. The van der Waals surface area contributed by atoms with Gasteiger partial charge in [0.15, 0.2) is 5.16 Å². The fourth-order valence-corrected chi connectivity index (χ4v) is 4.85. The van der Waals surface area contributed by atoms with E-state index in [2.05, 4.69) is 4.98 Å². The molecule has 8 heteroatoms. The molecule has 3 aromatic rings. The predicted octanol–water partition coefficient (Wildman–Crippen LogP) is 3.38. The molecule has 0 fully saturated rings. The molecule has 3 heterocycles. The second-order valence-corrected chi connectivity index (χ2v) is 7.96. The monoisotopic (exact) mass is 366 g/mol. The minimum atomic E-state index is -0.424. The molecule has 0 N–H and O–H groups in total. The molecule has 0 aliphatic rings. The average molecular weight is 366 g/mol. The largest absolute Gasteiger partial charge is 0.468 e. The molecule has 0 saturated heterocycles. The number of thiophene rings is 2. The van der Waals surface area contributed by atoms with Gasteiger partial charge in [0.1, 0.15) is 10.1 Å². The number of aromatic nitrogens is 2. The summed E-state index contributed by atoms with van der Waals surface area (Å²) in [6, 6.07) is 3.96. The molecule has 23 heavy (non-hydrogen) atoms. The third-order valence-electron chi connectivity index (χ3n) is 3.38. The molecule has 1 unspecified atom stereocenters. The lowest BCUT2D eigenvalue weighted by Gasteiger charge is -2.11. The van der Waals surface area contributed by atoms with Crippen LogP contribution >= 0.6 is 34.4 Å². The Kier molecular flexibility index (Phi) is 4.56. The van der Waals surface area contributed by atoms with E-state index in [0.717, 1.165) is 10.4 Å². The standard InChI is InChI=1S/C15H14N2O3S3/c1-8(14(19)20-3)23-15-16-12-11(13(18)17(15)2)9(7-22-12)10-5-4-6-21-10/h4-8H,1-3H3. The maximum absolute atomic E-state index is 12.8. The maximum atomic E-state index is 12.8. The molecule has 0 amide bonds. The van der Waals surface area contributed by atoms with Gasteiger partial charge < -0.3 is 4.74 Å². The summed E-state index contributed by atoms with van der Waals surface area (Å²) < 4.78 is 6.22. The highest BCUT2D eigenvalue weighted by Gasteiger charge is 2.20. The molecular weight excluding hydrogens is 352 g/mol. The summed E-state index contributed by atoms with van der Waals surface area (Å²) >= 11 is 4.26. The molecule has 0 aromatic carbocycles. The molecule has 3 rings (SSSR count). The topological polar surface area (TPSA) is 61.2 Å². The van der Waals surface area contributed by atoms with Gasteiger partial charge in [-0.3, -0.25) is 14.2 Å². The van der Waals surface area contributed by atoms with Crippen LogP contribution in [0.5, 0.6) is 0 Å². The van der Waals surface area contributed by atoms with E-state index in [0.29, 0.717) is 15.4 Å². The smallest absolute Gasteiger partial charge is 0.318 e. The SMILES string of the molecule is COC(=O)C(C)Sc1nc2scc(-c3cccs3)c2c(=O)n1C. The number of nitrogens with zero attached hydrogens (tertiary/aromatic N) is 2. The molecule has 3 aromatic heterocycles. The van der Waals surface area contributed by atoms with Crippen LogP contribution in [0.4, 0.5) is 0 Å². The van der Waals surface area contributed by atoms with Gasteiger partial charge in [-0.2, -0.15) is 0 Å². The normalized spacial score (nSPS) is 12.5. The van der Waals surface area contributed by atoms with Crippen molar-refractivity contribution in [3.8, 4) is 10.4 Å². The molecule has 5 nitrogen and oxygen atoms in total. The summed E-state index contributed by atoms with van der Waals surface area (Å²) in [6.07, 6.45) is 0. The fraction of sp³-hybridized carbons (Fsp3) is 0.267. The fourth-order valence-electron chi connectivity index (χ4n) is 2.14. The molecule has 0 aliphatic carbocycles. The number of rotatable bonds is 4. The van der Waals surface area contributed by atoms with Crippen LogP contribution in [0.1, 0.15) is 6.92 Å². The molecule has 0 spiro atoms. The zero-order valence-corrected chi connectivity index (χ0v) is 15.2. The van der Waals surface area contributed by atoms with E-state index in [4.69, 9.17) is 4.74 Å². The number of thioether (sulfide) groups is 1. The van der Waals surface area contributed by atoms with Crippen LogP contribution in [-0.4, -0.2) is 27.9 Å². The van der Waals surface area contributed by atoms with E-state index in [-0.39, 0.29) is 11.5 Å². The minimum Gasteiger partial charge on any atom is -0.468 e. The van der Waals surface area contributed by atoms with Crippen molar-refractivity contribution in [3.63, 3.8) is 0 Å². The third-order valence-corrected chi connectivity index (χ3v) is 6.27. The summed E-state index contributed by atoms with van der Waals surface area (Å²) in [5.41, 5.74) is 0.824. The second kappa shape index (κ2) is 6.46. The minimum absolute atomic E-state index is 0.0979. The summed E-state index contributed by atoms with van der Waals surface area (Å²) in [5, 5.41) is 4.67. The van der Waals surface area contributed by atoms with Crippen LogP contribution < -0.4 is 5.56 Å². The van der Waals surface area contributed by atoms with E-state index >= 15 is 0 Å². The van der Waals surface area contributed by atoms with Crippen LogP contribution in [-0.2, 0) is 16.6 Å². The van der Waals surface area contributed by atoms with Crippen LogP contribution in [0, 0.1) is 0 Å². The van der Waals surface area contributed by atoms with Crippen LogP contribution in [0.2, 0.25) is 0 Å². The van der Waals surface area contributed by atoms with Crippen LogP contribution in [0.25, 0.3) is 20.7 Å². The Morgan fingerprint density at radius 3 is 2.87 bits per heavy atom. The first kappa shape index (κ1) is 16.2. The summed E-state index contributed by atoms with van der Waals surface area (Å²) in [5.74, 6) is -0.338. The number of carbonyl (C=O) groups excluding carboxylic acids is 1. The van der Waals surface area contributed by atoms with Gasteiger partial charge in [0, 0.05) is 22.9 Å². The molecule has 120 valence electrons. The van der Waals surface area contributed by atoms with Gasteiger partial charge in [-0.05, 0) is 18.4 Å². The van der Waals surface area contributed by atoms with E-state index < -0.39 is 5.25 Å².